The third-order valence-electron chi connectivity index (χ3n) is 4.89. The van der Waals surface area contributed by atoms with Gasteiger partial charge in [-0.25, -0.2) is 13.4 Å². The Morgan fingerprint density at radius 2 is 1.81 bits per heavy atom. The zero-order valence-electron chi connectivity index (χ0n) is 17.9. The predicted molar refractivity (Wildman–Crippen MR) is 113 cm³/mol. The molecule has 31 heavy (non-hydrogen) atoms. The fraction of sp³-hybridized carbons (Fsp3) is 0.381. The lowest BCUT2D eigenvalue weighted by Gasteiger charge is -2.34. The van der Waals surface area contributed by atoms with Gasteiger partial charge in [-0.1, -0.05) is 18.2 Å². The number of sulfone groups is 1. The summed E-state index contributed by atoms with van der Waals surface area (Å²) in [7, 11) is -1.12. The number of aliphatic hydroxyl groups is 1. The van der Waals surface area contributed by atoms with Crippen molar-refractivity contribution in [3.63, 3.8) is 0 Å². The molecule has 1 unspecified atom stereocenters. The van der Waals surface area contributed by atoms with Crippen LogP contribution in [0.15, 0.2) is 46.3 Å². The lowest BCUT2D eigenvalue weighted by Crippen LogP contribution is -2.44. The summed E-state index contributed by atoms with van der Waals surface area (Å²) in [5, 5.41) is 11.1. The lowest BCUT2D eigenvalue weighted by atomic mass is 9.84. The summed E-state index contributed by atoms with van der Waals surface area (Å²) in [6, 6.07) is 6.90. The molecule has 0 radical (unpaired) electrons. The molecule has 1 atom stereocenters. The Morgan fingerprint density at radius 3 is 2.32 bits per heavy atom. The van der Waals surface area contributed by atoms with Crippen LogP contribution in [0.25, 0.3) is 0 Å². The van der Waals surface area contributed by atoms with E-state index in [0.29, 0.717) is 17.8 Å². The van der Waals surface area contributed by atoms with E-state index in [1.165, 1.54) is 31.6 Å². The minimum absolute atomic E-state index is 0.278. The molecule has 0 heterocycles. The van der Waals surface area contributed by atoms with Crippen LogP contribution in [0.4, 0.5) is 18.9 Å². The molecular weight excluding hydrogens is 433 g/mol. The first-order valence-electron chi connectivity index (χ1n) is 9.29. The van der Waals surface area contributed by atoms with Crippen LogP contribution in [0.5, 0.6) is 5.75 Å². The van der Waals surface area contributed by atoms with Gasteiger partial charge in [0.2, 0.25) is 5.60 Å². The van der Waals surface area contributed by atoms with Crippen LogP contribution >= 0.6 is 0 Å². The average molecular weight is 459 g/mol. The fourth-order valence-electron chi connectivity index (χ4n) is 3.05. The minimum atomic E-state index is -5.25. The van der Waals surface area contributed by atoms with Crippen LogP contribution in [0.3, 0.4) is 0 Å². The Bertz CT molecular complexity index is 1080. The van der Waals surface area contributed by atoms with Crippen LogP contribution in [0.2, 0.25) is 0 Å². The summed E-state index contributed by atoms with van der Waals surface area (Å²) in [6.07, 6.45) is -2.94. The van der Waals surface area contributed by atoms with E-state index in [1.54, 1.807) is 18.9 Å². The standard InChI is InChI=1S/C21H25F3N2O4S/c1-6-26(3)13-25-17-12-18(30-4)16(11-14(17)2)20(27,21(22,23)24)15-9-7-8-10-19(15)31(5,28)29/h7-13,27H,6H2,1-5H3. The van der Waals surface area contributed by atoms with Crippen LogP contribution in [-0.2, 0) is 15.4 Å². The van der Waals surface area contributed by atoms with Gasteiger partial charge in [-0.15, -0.1) is 0 Å². The predicted octanol–water partition coefficient (Wildman–Crippen LogP) is 3.82. The number of halogens is 3. The number of ether oxygens (including phenoxy) is 1. The molecule has 0 amide bonds. The van der Waals surface area contributed by atoms with E-state index in [2.05, 4.69) is 4.99 Å². The number of hydrogen-bond acceptors (Lipinski definition) is 5. The molecule has 0 saturated carbocycles. The van der Waals surface area contributed by atoms with Crippen molar-refractivity contribution in [2.45, 2.75) is 30.5 Å². The second-order valence-corrected chi connectivity index (χ2v) is 9.12. The highest BCUT2D eigenvalue weighted by Gasteiger charge is 2.59. The van der Waals surface area contributed by atoms with E-state index >= 15 is 0 Å². The molecule has 10 heteroatoms. The van der Waals surface area contributed by atoms with Gasteiger partial charge in [-0.3, -0.25) is 0 Å². The first-order chi connectivity index (χ1) is 14.3. The maximum absolute atomic E-state index is 14.4. The van der Waals surface area contributed by atoms with Gasteiger partial charge in [0.1, 0.15) is 5.75 Å². The summed E-state index contributed by atoms with van der Waals surface area (Å²) in [6.45, 7) is 4.12. The molecule has 1 N–H and O–H groups in total. The van der Waals surface area contributed by atoms with Crippen LogP contribution in [0, 0.1) is 6.92 Å². The van der Waals surface area contributed by atoms with Gasteiger partial charge in [0, 0.05) is 37.0 Å². The number of alkyl halides is 3. The molecule has 2 aromatic carbocycles. The molecule has 0 aliphatic carbocycles. The highest BCUT2D eigenvalue weighted by atomic mass is 32.2. The zero-order chi connectivity index (χ0) is 23.6. The van der Waals surface area contributed by atoms with Gasteiger partial charge >= 0.3 is 6.18 Å². The van der Waals surface area contributed by atoms with Crippen LogP contribution in [-0.4, -0.2) is 57.9 Å². The molecule has 2 aromatic rings. The summed E-state index contributed by atoms with van der Waals surface area (Å²) in [5.41, 5.74) is -4.37. The van der Waals surface area contributed by atoms with Gasteiger partial charge in [-0.05, 0) is 31.5 Å². The second-order valence-electron chi connectivity index (χ2n) is 7.13. The summed E-state index contributed by atoms with van der Waals surface area (Å²) in [4.78, 5) is 5.41. The molecule has 0 aliphatic rings. The molecule has 170 valence electrons. The van der Waals surface area contributed by atoms with Gasteiger partial charge in [0.05, 0.1) is 24.0 Å². The van der Waals surface area contributed by atoms with Crippen molar-refractivity contribution in [1.82, 2.24) is 4.90 Å². The van der Waals surface area contributed by atoms with Gasteiger partial charge in [0.15, 0.2) is 9.84 Å². The number of benzene rings is 2. The maximum Gasteiger partial charge on any atom is 0.425 e. The molecule has 6 nitrogen and oxygen atoms in total. The summed E-state index contributed by atoms with van der Waals surface area (Å²) in [5.74, 6) is -0.278. The lowest BCUT2D eigenvalue weighted by molar-refractivity contribution is -0.249. The SMILES string of the molecule is CCN(C)C=Nc1cc(OC)c(C(O)(c2ccccc2S(C)(=O)=O)C(F)(F)F)cc1C. The van der Waals surface area contributed by atoms with Crippen molar-refractivity contribution in [3.8, 4) is 5.75 Å². The van der Waals surface area contributed by atoms with Crippen LogP contribution in [0.1, 0.15) is 23.6 Å². The molecule has 0 bridgehead atoms. The molecule has 0 spiro atoms. The van der Waals surface area contributed by atoms with Crippen molar-refractivity contribution < 1.29 is 31.4 Å². The van der Waals surface area contributed by atoms with E-state index in [-0.39, 0.29) is 5.75 Å². The molecule has 0 saturated heterocycles. The van der Waals surface area contributed by atoms with Crippen molar-refractivity contribution in [3.05, 3.63) is 53.1 Å². The monoisotopic (exact) mass is 458 g/mol. The van der Waals surface area contributed by atoms with Crippen molar-refractivity contribution in [2.75, 3.05) is 27.0 Å². The number of nitrogens with zero attached hydrogens (tertiary/aromatic N) is 2. The van der Waals surface area contributed by atoms with Crippen molar-refractivity contribution >= 4 is 21.9 Å². The van der Waals surface area contributed by atoms with E-state index in [1.807, 2.05) is 6.92 Å². The molecule has 0 aliphatic heterocycles. The minimum Gasteiger partial charge on any atom is -0.496 e. The van der Waals surface area contributed by atoms with Crippen molar-refractivity contribution in [1.29, 1.82) is 0 Å². The van der Waals surface area contributed by atoms with Gasteiger partial charge < -0.3 is 14.7 Å². The zero-order valence-corrected chi connectivity index (χ0v) is 18.7. The topological polar surface area (TPSA) is 79.2 Å². The van der Waals surface area contributed by atoms with Crippen LogP contribution < -0.4 is 4.74 Å². The highest BCUT2D eigenvalue weighted by molar-refractivity contribution is 7.90. The van der Waals surface area contributed by atoms with Crippen molar-refractivity contribution in [2.24, 2.45) is 4.99 Å². The number of aryl methyl sites for hydroxylation is 1. The van der Waals surface area contributed by atoms with E-state index < -0.39 is 37.6 Å². The number of aliphatic imine (C=N–C) groups is 1. The maximum atomic E-state index is 14.4. The number of hydrogen-bond donors (Lipinski definition) is 1. The average Bonchev–Trinajstić information content (AvgIpc) is 2.70. The second kappa shape index (κ2) is 8.88. The number of methoxy groups -OCH3 is 1. The van der Waals surface area contributed by atoms with Gasteiger partial charge in [-0.2, -0.15) is 13.2 Å². The molecular formula is C21H25F3N2O4S. The quantitative estimate of drug-likeness (QED) is 0.504. The Labute approximate surface area is 179 Å². The third-order valence-corrected chi connectivity index (χ3v) is 6.04. The third kappa shape index (κ3) is 4.85. The first kappa shape index (κ1) is 24.7. The Kier molecular flexibility index (Phi) is 7.07. The largest absolute Gasteiger partial charge is 0.496 e. The Morgan fingerprint density at radius 1 is 1.19 bits per heavy atom. The van der Waals surface area contributed by atoms with E-state index in [9.17, 15) is 26.7 Å². The Hall–Kier alpha value is -2.59. The van der Waals surface area contributed by atoms with E-state index in [0.717, 1.165) is 24.5 Å². The Balaban J connectivity index is 2.86. The normalized spacial score (nSPS) is 14.5. The smallest absolute Gasteiger partial charge is 0.425 e. The molecule has 0 fully saturated rings. The molecule has 2 rings (SSSR count). The first-order valence-corrected chi connectivity index (χ1v) is 11.2. The van der Waals surface area contributed by atoms with Gasteiger partial charge in [0.25, 0.3) is 0 Å². The number of rotatable bonds is 7. The highest BCUT2D eigenvalue weighted by Crippen LogP contribution is 2.50. The summed E-state index contributed by atoms with van der Waals surface area (Å²) < 4.78 is 72.6. The molecule has 0 aromatic heterocycles. The summed E-state index contributed by atoms with van der Waals surface area (Å²) >= 11 is 0. The van der Waals surface area contributed by atoms with E-state index in [4.69, 9.17) is 4.74 Å². The fourth-order valence-corrected chi connectivity index (χ4v) is 3.99.